The van der Waals surface area contributed by atoms with Crippen molar-refractivity contribution in [2.24, 2.45) is 0 Å². The first kappa shape index (κ1) is 10.5. The largest absolute Gasteiger partial charge is 0.479 e. The average molecular weight is 193 g/mol. The van der Waals surface area contributed by atoms with Gasteiger partial charge in [-0.1, -0.05) is 13.8 Å². The van der Waals surface area contributed by atoms with Gasteiger partial charge in [0.15, 0.2) is 0 Å². The van der Waals surface area contributed by atoms with Crippen LogP contribution in [0.4, 0.5) is 0 Å². The van der Waals surface area contributed by atoms with Crippen molar-refractivity contribution in [2.75, 3.05) is 7.11 Å². The number of aromatic nitrogens is 3. The molecular weight excluding hydrogens is 178 g/mol. The Balaban J connectivity index is 0.000000461. The summed E-state index contributed by atoms with van der Waals surface area (Å²) in [7, 11) is 1.61. The molecule has 0 N–H and O–H groups in total. The van der Waals surface area contributed by atoms with E-state index in [1.54, 1.807) is 19.6 Å². The van der Waals surface area contributed by atoms with E-state index in [4.69, 9.17) is 4.74 Å². The molecule has 0 unspecified atom stereocenters. The summed E-state index contributed by atoms with van der Waals surface area (Å²) in [6.07, 6.45) is 5.36. The number of hydrogen-bond donors (Lipinski definition) is 0. The van der Waals surface area contributed by atoms with Gasteiger partial charge in [0.1, 0.15) is 5.52 Å². The summed E-state index contributed by atoms with van der Waals surface area (Å²) in [6.45, 7) is 5.92. The molecule has 2 rings (SSSR count). The number of methoxy groups -OCH3 is 1. The molecule has 2 aromatic rings. The summed E-state index contributed by atoms with van der Waals surface area (Å²) in [5, 5.41) is 0. The summed E-state index contributed by atoms with van der Waals surface area (Å²) in [5.41, 5.74) is 1.81. The van der Waals surface area contributed by atoms with Crippen LogP contribution in [0.2, 0.25) is 0 Å². The Morgan fingerprint density at radius 3 is 2.71 bits per heavy atom. The summed E-state index contributed by atoms with van der Waals surface area (Å²) >= 11 is 0. The second kappa shape index (κ2) is 4.60. The molecule has 0 aliphatic carbocycles. The fourth-order valence-corrected chi connectivity index (χ4v) is 1.17. The van der Waals surface area contributed by atoms with Crippen molar-refractivity contribution in [3.63, 3.8) is 0 Å². The molecule has 0 aliphatic rings. The van der Waals surface area contributed by atoms with Crippen LogP contribution in [0, 0.1) is 6.92 Å². The summed E-state index contributed by atoms with van der Waals surface area (Å²) in [5.74, 6) is 0.618. The van der Waals surface area contributed by atoms with Gasteiger partial charge in [-0.05, 0) is 6.92 Å². The van der Waals surface area contributed by atoms with E-state index in [0.717, 1.165) is 11.2 Å². The van der Waals surface area contributed by atoms with Gasteiger partial charge in [0.2, 0.25) is 5.88 Å². The Hall–Kier alpha value is -1.58. The quantitative estimate of drug-likeness (QED) is 0.696. The molecule has 2 aromatic heterocycles. The third kappa shape index (κ3) is 1.84. The monoisotopic (exact) mass is 193 g/mol. The third-order valence-electron chi connectivity index (χ3n) is 1.68. The molecule has 0 aliphatic heterocycles. The molecule has 2 heterocycles. The van der Waals surface area contributed by atoms with Crippen molar-refractivity contribution in [3.8, 4) is 5.88 Å². The lowest BCUT2D eigenvalue weighted by Crippen LogP contribution is -1.94. The number of nitrogens with zero attached hydrogens (tertiary/aromatic N) is 3. The highest BCUT2D eigenvalue weighted by Crippen LogP contribution is 2.15. The van der Waals surface area contributed by atoms with Gasteiger partial charge >= 0.3 is 0 Å². The lowest BCUT2D eigenvalue weighted by atomic mass is 10.4. The molecule has 0 saturated carbocycles. The molecule has 4 nitrogen and oxygen atoms in total. The Kier molecular flexibility index (Phi) is 3.45. The maximum absolute atomic E-state index is 5.09. The Bertz CT molecular complexity index is 409. The molecule has 14 heavy (non-hydrogen) atoms. The molecule has 0 fully saturated rings. The van der Waals surface area contributed by atoms with Crippen molar-refractivity contribution in [1.29, 1.82) is 0 Å². The minimum absolute atomic E-state index is 0.618. The van der Waals surface area contributed by atoms with Gasteiger partial charge in [0.25, 0.3) is 0 Å². The van der Waals surface area contributed by atoms with Crippen LogP contribution in [0.3, 0.4) is 0 Å². The van der Waals surface area contributed by atoms with Gasteiger partial charge in [0, 0.05) is 6.20 Å². The van der Waals surface area contributed by atoms with Crippen LogP contribution in [0.5, 0.6) is 5.88 Å². The van der Waals surface area contributed by atoms with E-state index in [1.165, 1.54) is 0 Å². The van der Waals surface area contributed by atoms with E-state index in [-0.39, 0.29) is 0 Å². The standard InChI is InChI=1S/C8H9N3O.C2H6/c1-6-4-11-5-9-3-7(11)8(10-6)12-2;1-2/h3-5H,1-2H3;1-2H3. The lowest BCUT2D eigenvalue weighted by molar-refractivity contribution is 0.400. The van der Waals surface area contributed by atoms with Crippen LogP contribution in [0.15, 0.2) is 18.7 Å². The van der Waals surface area contributed by atoms with Crippen molar-refractivity contribution >= 4 is 5.52 Å². The van der Waals surface area contributed by atoms with Crippen LogP contribution < -0.4 is 4.74 Å². The van der Waals surface area contributed by atoms with Gasteiger partial charge in [-0.15, -0.1) is 0 Å². The average Bonchev–Trinajstić information content (AvgIpc) is 2.67. The SMILES string of the molecule is CC.COc1nc(C)cn2cncc12. The van der Waals surface area contributed by atoms with E-state index in [9.17, 15) is 0 Å². The van der Waals surface area contributed by atoms with Gasteiger partial charge in [0.05, 0.1) is 25.3 Å². The smallest absolute Gasteiger partial charge is 0.239 e. The first-order valence-corrected chi connectivity index (χ1v) is 4.64. The summed E-state index contributed by atoms with van der Waals surface area (Å²) in [4.78, 5) is 8.20. The molecule has 0 spiro atoms. The predicted octanol–water partition coefficient (Wildman–Crippen LogP) is 2.07. The van der Waals surface area contributed by atoms with E-state index >= 15 is 0 Å². The van der Waals surface area contributed by atoms with Gasteiger partial charge in [-0.2, -0.15) is 0 Å². The van der Waals surface area contributed by atoms with Gasteiger partial charge in [-0.3, -0.25) is 4.40 Å². The molecule has 76 valence electrons. The van der Waals surface area contributed by atoms with Crippen LogP contribution in [-0.2, 0) is 0 Å². The van der Waals surface area contributed by atoms with Gasteiger partial charge in [-0.25, -0.2) is 9.97 Å². The van der Waals surface area contributed by atoms with E-state index in [0.29, 0.717) is 5.88 Å². The molecule has 4 heteroatoms. The number of hydrogen-bond acceptors (Lipinski definition) is 3. The van der Waals surface area contributed by atoms with Crippen LogP contribution in [0.1, 0.15) is 19.5 Å². The van der Waals surface area contributed by atoms with E-state index in [1.807, 2.05) is 31.4 Å². The number of fused-ring (bicyclic) bond motifs is 1. The van der Waals surface area contributed by atoms with Crippen LogP contribution >= 0.6 is 0 Å². The molecule has 0 atom stereocenters. The van der Waals surface area contributed by atoms with Gasteiger partial charge < -0.3 is 4.74 Å². The predicted molar refractivity (Wildman–Crippen MR) is 55.6 cm³/mol. The highest BCUT2D eigenvalue weighted by atomic mass is 16.5. The second-order valence-electron chi connectivity index (χ2n) is 2.58. The van der Waals surface area contributed by atoms with Crippen molar-refractivity contribution in [2.45, 2.75) is 20.8 Å². The zero-order valence-electron chi connectivity index (χ0n) is 8.98. The Labute approximate surface area is 83.6 Å². The van der Waals surface area contributed by atoms with Crippen molar-refractivity contribution < 1.29 is 4.74 Å². The number of aryl methyl sites for hydroxylation is 1. The zero-order chi connectivity index (χ0) is 10.6. The summed E-state index contributed by atoms with van der Waals surface area (Å²) < 4.78 is 6.98. The van der Waals surface area contributed by atoms with Crippen molar-refractivity contribution in [3.05, 3.63) is 24.4 Å². The molecule has 0 amide bonds. The number of rotatable bonds is 1. The minimum atomic E-state index is 0.618. The normalized spacial score (nSPS) is 9.43. The zero-order valence-corrected chi connectivity index (χ0v) is 8.98. The molecule has 0 bridgehead atoms. The van der Waals surface area contributed by atoms with Crippen LogP contribution in [0.25, 0.3) is 5.52 Å². The summed E-state index contributed by atoms with van der Waals surface area (Å²) in [6, 6.07) is 0. The van der Waals surface area contributed by atoms with E-state index < -0.39 is 0 Å². The Morgan fingerprint density at radius 2 is 2.07 bits per heavy atom. The third-order valence-corrected chi connectivity index (χ3v) is 1.68. The molecule has 0 radical (unpaired) electrons. The highest BCUT2D eigenvalue weighted by molar-refractivity contribution is 5.54. The number of imidazole rings is 1. The molecular formula is C10H15N3O. The Morgan fingerprint density at radius 1 is 1.36 bits per heavy atom. The first-order chi connectivity index (χ1) is 6.81. The number of ether oxygens (including phenoxy) is 1. The second-order valence-corrected chi connectivity index (χ2v) is 2.58. The molecule has 0 saturated heterocycles. The van der Waals surface area contributed by atoms with Crippen molar-refractivity contribution in [1.82, 2.24) is 14.4 Å². The topological polar surface area (TPSA) is 39.4 Å². The maximum atomic E-state index is 5.09. The highest BCUT2D eigenvalue weighted by Gasteiger charge is 2.03. The first-order valence-electron chi connectivity index (χ1n) is 4.64. The maximum Gasteiger partial charge on any atom is 0.239 e. The lowest BCUT2D eigenvalue weighted by Gasteiger charge is -2.02. The fourth-order valence-electron chi connectivity index (χ4n) is 1.17. The van der Waals surface area contributed by atoms with Crippen LogP contribution in [-0.4, -0.2) is 21.5 Å². The minimum Gasteiger partial charge on any atom is -0.479 e. The fraction of sp³-hybridized carbons (Fsp3) is 0.400. The molecule has 0 aromatic carbocycles. The van der Waals surface area contributed by atoms with E-state index in [2.05, 4.69) is 9.97 Å².